The molecule has 1 atom stereocenters. The number of rotatable bonds is 2. The van der Waals surface area contributed by atoms with Gasteiger partial charge in [-0.15, -0.1) is 0 Å². The highest BCUT2D eigenvalue weighted by molar-refractivity contribution is 5.20. The molecule has 3 heteroatoms. The van der Waals surface area contributed by atoms with Gasteiger partial charge < -0.3 is 9.52 Å². The van der Waals surface area contributed by atoms with E-state index < -0.39 is 6.10 Å². The van der Waals surface area contributed by atoms with E-state index in [2.05, 4.69) is 4.98 Å². The van der Waals surface area contributed by atoms with Gasteiger partial charge in [-0.1, -0.05) is 6.07 Å². The average molecular weight is 189 g/mol. The maximum atomic E-state index is 9.82. The van der Waals surface area contributed by atoms with Crippen LogP contribution in [-0.4, -0.2) is 10.1 Å². The van der Waals surface area contributed by atoms with Crippen molar-refractivity contribution in [3.8, 4) is 0 Å². The van der Waals surface area contributed by atoms with E-state index in [1.165, 1.54) is 6.26 Å². The molecule has 2 heterocycles. The molecule has 0 radical (unpaired) electrons. The molecule has 0 spiro atoms. The fourth-order valence-corrected chi connectivity index (χ4v) is 1.23. The number of nitrogens with zero attached hydrogens (tertiary/aromatic N) is 1. The Hall–Kier alpha value is -1.61. The van der Waals surface area contributed by atoms with Crippen LogP contribution in [0.4, 0.5) is 0 Å². The van der Waals surface area contributed by atoms with Gasteiger partial charge in [0.25, 0.3) is 0 Å². The van der Waals surface area contributed by atoms with Gasteiger partial charge >= 0.3 is 0 Å². The molecule has 0 aliphatic carbocycles. The van der Waals surface area contributed by atoms with E-state index in [0.717, 1.165) is 5.56 Å². The number of aryl methyl sites for hydroxylation is 1. The second kappa shape index (κ2) is 3.64. The minimum Gasteiger partial charge on any atom is -0.466 e. The van der Waals surface area contributed by atoms with Gasteiger partial charge in [-0.3, -0.25) is 4.98 Å². The van der Waals surface area contributed by atoms with Crippen molar-refractivity contribution in [1.82, 2.24) is 4.98 Å². The van der Waals surface area contributed by atoms with Crippen LogP contribution in [0.1, 0.15) is 23.1 Å². The summed E-state index contributed by atoms with van der Waals surface area (Å²) < 4.78 is 5.09. The first kappa shape index (κ1) is 8.97. The van der Waals surface area contributed by atoms with Crippen molar-refractivity contribution < 1.29 is 9.52 Å². The number of hydrogen-bond acceptors (Lipinski definition) is 3. The minimum absolute atomic E-state index is 0.515. The van der Waals surface area contributed by atoms with Gasteiger partial charge in [-0.2, -0.15) is 0 Å². The van der Waals surface area contributed by atoms with Crippen molar-refractivity contribution in [2.24, 2.45) is 0 Å². The lowest BCUT2D eigenvalue weighted by Crippen LogP contribution is -2.00. The zero-order chi connectivity index (χ0) is 9.97. The molecule has 0 amide bonds. The average Bonchev–Trinajstić information content (AvgIpc) is 2.71. The molecule has 0 saturated heterocycles. The van der Waals surface area contributed by atoms with Gasteiger partial charge in [0.05, 0.1) is 12.0 Å². The van der Waals surface area contributed by atoms with Crippen LogP contribution in [0.15, 0.2) is 41.1 Å². The van der Waals surface area contributed by atoms with Gasteiger partial charge in [0.2, 0.25) is 0 Å². The zero-order valence-electron chi connectivity index (χ0n) is 7.84. The Bertz CT molecular complexity index is 392. The van der Waals surface area contributed by atoms with E-state index in [-0.39, 0.29) is 0 Å². The molecule has 0 bridgehead atoms. The Morgan fingerprint density at radius 2 is 2.21 bits per heavy atom. The summed E-state index contributed by atoms with van der Waals surface area (Å²) in [5.74, 6) is 0.515. The highest BCUT2D eigenvalue weighted by atomic mass is 16.4. The van der Waals surface area contributed by atoms with E-state index in [1.54, 1.807) is 24.4 Å². The van der Waals surface area contributed by atoms with Crippen molar-refractivity contribution in [3.63, 3.8) is 0 Å². The summed E-state index contributed by atoms with van der Waals surface area (Å²) in [7, 11) is 0. The second-order valence-corrected chi connectivity index (χ2v) is 3.18. The van der Waals surface area contributed by atoms with Crippen molar-refractivity contribution in [2.45, 2.75) is 13.0 Å². The third kappa shape index (κ3) is 1.67. The SMILES string of the molecule is Cc1ccc(C(O)c2ccco2)nc1. The van der Waals surface area contributed by atoms with E-state index in [1.807, 2.05) is 13.0 Å². The summed E-state index contributed by atoms with van der Waals surface area (Å²) in [6, 6.07) is 7.18. The molecular weight excluding hydrogens is 178 g/mol. The van der Waals surface area contributed by atoms with Crippen molar-refractivity contribution in [1.29, 1.82) is 0 Å². The third-order valence-electron chi connectivity index (χ3n) is 2.03. The lowest BCUT2D eigenvalue weighted by atomic mass is 10.1. The van der Waals surface area contributed by atoms with Gasteiger partial charge in [-0.25, -0.2) is 0 Å². The van der Waals surface area contributed by atoms with Crippen molar-refractivity contribution in [3.05, 3.63) is 53.7 Å². The highest BCUT2D eigenvalue weighted by Crippen LogP contribution is 2.20. The molecule has 2 aromatic heterocycles. The predicted octanol–water partition coefficient (Wildman–Crippen LogP) is 2.06. The summed E-state index contributed by atoms with van der Waals surface area (Å²) in [6.07, 6.45) is 2.49. The fourth-order valence-electron chi connectivity index (χ4n) is 1.23. The smallest absolute Gasteiger partial charge is 0.153 e. The molecule has 0 aliphatic rings. The molecule has 0 fully saturated rings. The van der Waals surface area contributed by atoms with Crippen LogP contribution in [0, 0.1) is 6.92 Å². The Morgan fingerprint density at radius 1 is 1.36 bits per heavy atom. The Morgan fingerprint density at radius 3 is 2.79 bits per heavy atom. The summed E-state index contributed by atoms with van der Waals surface area (Å²) in [4.78, 5) is 4.12. The van der Waals surface area contributed by atoms with Gasteiger partial charge in [0.1, 0.15) is 5.76 Å². The molecule has 14 heavy (non-hydrogen) atoms. The number of aliphatic hydroxyl groups excluding tert-OH is 1. The monoisotopic (exact) mass is 189 g/mol. The molecule has 3 nitrogen and oxygen atoms in total. The maximum Gasteiger partial charge on any atom is 0.153 e. The van der Waals surface area contributed by atoms with Crippen molar-refractivity contribution in [2.75, 3.05) is 0 Å². The lowest BCUT2D eigenvalue weighted by Gasteiger charge is -2.06. The van der Waals surface area contributed by atoms with E-state index in [0.29, 0.717) is 11.5 Å². The van der Waals surface area contributed by atoms with Gasteiger partial charge in [0, 0.05) is 6.20 Å². The lowest BCUT2D eigenvalue weighted by molar-refractivity contribution is 0.185. The summed E-state index contributed by atoms with van der Waals surface area (Å²) in [5.41, 5.74) is 1.67. The third-order valence-corrected chi connectivity index (χ3v) is 2.03. The molecule has 0 aliphatic heterocycles. The fraction of sp³-hybridized carbons (Fsp3) is 0.182. The number of aromatic nitrogens is 1. The molecule has 0 aromatic carbocycles. The predicted molar refractivity (Wildman–Crippen MR) is 51.7 cm³/mol. The van der Waals surface area contributed by atoms with Gasteiger partial charge in [-0.05, 0) is 30.7 Å². The first-order chi connectivity index (χ1) is 6.77. The van der Waals surface area contributed by atoms with Crippen LogP contribution in [0.2, 0.25) is 0 Å². The molecular formula is C11H11NO2. The number of pyridine rings is 1. The van der Waals surface area contributed by atoms with Crippen molar-refractivity contribution >= 4 is 0 Å². The molecule has 72 valence electrons. The number of furan rings is 1. The van der Waals surface area contributed by atoms with Crippen LogP contribution in [0.3, 0.4) is 0 Å². The standard InChI is InChI=1S/C11H11NO2/c1-8-4-5-9(12-7-8)11(13)10-3-2-6-14-10/h2-7,11,13H,1H3. The topological polar surface area (TPSA) is 46.3 Å². The molecule has 0 saturated carbocycles. The first-order valence-corrected chi connectivity index (χ1v) is 4.41. The molecule has 2 rings (SSSR count). The van der Waals surface area contributed by atoms with E-state index >= 15 is 0 Å². The van der Waals surface area contributed by atoms with Crippen LogP contribution in [-0.2, 0) is 0 Å². The molecule has 1 unspecified atom stereocenters. The maximum absolute atomic E-state index is 9.82. The van der Waals surface area contributed by atoms with Crippen LogP contribution < -0.4 is 0 Å². The largest absolute Gasteiger partial charge is 0.466 e. The number of aliphatic hydroxyl groups is 1. The molecule has 2 aromatic rings. The summed E-state index contributed by atoms with van der Waals surface area (Å²) in [5, 5.41) is 9.82. The normalized spacial score (nSPS) is 12.7. The van der Waals surface area contributed by atoms with Gasteiger partial charge in [0.15, 0.2) is 6.10 Å². The van der Waals surface area contributed by atoms with Crippen LogP contribution >= 0.6 is 0 Å². The second-order valence-electron chi connectivity index (χ2n) is 3.18. The zero-order valence-corrected chi connectivity index (χ0v) is 7.84. The Labute approximate surface area is 82.0 Å². The Kier molecular flexibility index (Phi) is 2.33. The van der Waals surface area contributed by atoms with Crippen LogP contribution in [0.5, 0.6) is 0 Å². The molecule has 1 N–H and O–H groups in total. The van der Waals surface area contributed by atoms with E-state index in [9.17, 15) is 5.11 Å². The van der Waals surface area contributed by atoms with Crippen LogP contribution in [0.25, 0.3) is 0 Å². The highest BCUT2D eigenvalue weighted by Gasteiger charge is 2.13. The summed E-state index contributed by atoms with van der Waals surface area (Å²) >= 11 is 0. The minimum atomic E-state index is -0.773. The van der Waals surface area contributed by atoms with E-state index in [4.69, 9.17) is 4.42 Å². The first-order valence-electron chi connectivity index (χ1n) is 4.41. The summed E-state index contributed by atoms with van der Waals surface area (Å²) in [6.45, 7) is 1.95. The Balaban J connectivity index is 2.28. The number of hydrogen-bond donors (Lipinski definition) is 1. The quantitative estimate of drug-likeness (QED) is 0.786.